The van der Waals surface area contributed by atoms with Gasteiger partial charge in [-0.05, 0) is 50.7 Å². The predicted octanol–water partition coefficient (Wildman–Crippen LogP) is 4.37. The lowest BCUT2D eigenvalue weighted by molar-refractivity contribution is -0.148. The summed E-state index contributed by atoms with van der Waals surface area (Å²) in [4.78, 5) is 18.9. The van der Waals surface area contributed by atoms with Gasteiger partial charge >= 0.3 is 0 Å². The van der Waals surface area contributed by atoms with E-state index in [2.05, 4.69) is 48.0 Å². The highest BCUT2D eigenvalue weighted by Crippen LogP contribution is 2.45. The van der Waals surface area contributed by atoms with Crippen LogP contribution in [0.25, 0.3) is 10.9 Å². The maximum Gasteiger partial charge on any atom is 0.226 e. The molecule has 0 bridgehead atoms. The molecule has 0 unspecified atom stereocenters. The fourth-order valence-electron chi connectivity index (χ4n) is 4.74. The Morgan fingerprint density at radius 1 is 1.35 bits per heavy atom. The minimum atomic E-state index is -0.161. The van der Waals surface area contributed by atoms with Crippen LogP contribution in [0.15, 0.2) is 24.3 Å². The summed E-state index contributed by atoms with van der Waals surface area (Å²) in [5.74, 6) is 0.617. The summed E-state index contributed by atoms with van der Waals surface area (Å²) in [6.07, 6.45) is 6.35. The molecule has 1 N–H and O–H groups in total. The molecule has 2 aliphatic rings. The van der Waals surface area contributed by atoms with Gasteiger partial charge in [-0.15, -0.1) is 0 Å². The fourth-order valence-corrected chi connectivity index (χ4v) is 4.74. The van der Waals surface area contributed by atoms with Gasteiger partial charge < -0.3 is 9.88 Å². The van der Waals surface area contributed by atoms with Crippen LogP contribution >= 0.6 is 0 Å². The molecule has 2 aliphatic heterocycles. The van der Waals surface area contributed by atoms with E-state index in [-0.39, 0.29) is 11.5 Å². The van der Waals surface area contributed by atoms with Crippen molar-refractivity contribution in [2.24, 2.45) is 5.92 Å². The van der Waals surface area contributed by atoms with Crippen LogP contribution in [0.1, 0.15) is 57.2 Å². The number of fused-ring (bicyclic) bond motifs is 5. The van der Waals surface area contributed by atoms with E-state index < -0.39 is 0 Å². The molecule has 1 fully saturated rings. The Morgan fingerprint density at radius 2 is 2.17 bits per heavy atom. The number of para-hydroxylation sites is 1. The summed E-state index contributed by atoms with van der Waals surface area (Å²) >= 11 is 0. The van der Waals surface area contributed by atoms with Gasteiger partial charge in [0.1, 0.15) is 0 Å². The molecule has 1 amide bonds. The lowest BCUT2D eigenvalue weighted by atomic mass is 9.78. The molecule has 23 heavy (non-hydrogen) atoms. The van der Waals surface area contributed by atoms with E-state index in [0.717, 1.165) is 45.1 Å². The number of aryl methyl sites for hydroxylation is 1. The molecule has 2 atom stereocenters. The largest absolute Gasteiger partial charge is 0.356 e. The minimum absolute atomic E-state index is 0.161. The van der Waals surface area contributed by atoms with E-state index in [0.29, 0.717) is 5.91 Å². The second kappa shape index (κ2) is 5.40. The molecule has 0 aliphatic carbocycles. The average molecular weight is 310 g/mol. The number of H-pyrrole nitrogens is 1. The van der Waals surface area contributed by atoms with E-state index in [4.69, 9.17) is 0 Å². The van der Waals surface area contributed by atoms with Crippen molar-refractivity contribution in [1.82, 2.24) is 9.88 Å². The number of hydrogen-bond donors (Lipinski definition) is 1. The van der Waals surface area contributed by atoms with Crippen molar-refractivity contribution in [3.63, 3.8) is 0 Å². The maximum absolute atomic E-state index is 13.0. The van der Waals surface area contributed by atoms with Crippen LogP contribution in [0, 0.1) is 5.92 Å². The SMILES string of the molecule is CCC[C@@H]1CC[C@]2(C)c3[nH]c4ccccc4c3CCCN2C1=O. The molecule has 3 heterocycles. The van der Waals surface area contributed by atoms with E-state index in [1.165, 1.54) is 22.2 Å². The van der Waals surface area contributed by atoms with Gasteiger partial charge in [-0.2, -0.15) is 0 Å². The van der Waals surface area contributed by atoms with Gasteiger partial charge in [-0.3, -0.25) is 4.79 Å². The normalized spacial score (nSPS) is 27.7. The summed E-state index contributed by atoms with van der Waals surface area (Å²) in [6.45, 7) is 5.35. The first kappa shape index (κ1) is 14.8. The number of aromatic nitrogens is 1. The zero-order valence-electron chi connectivity index (χ0n) is 14.2. The molecular formula is C20H26N2O. The van der Waals surface area contributed by atoms with Crippen molar-refractivity contribution in [1.29, 1.82) is 0 Å². The predicted molar refractivity (Wildman–Crippen MR) is 93.3 cm³/mol. The summed E-state index contributed by atoms with van der Waals surface area (Å²) in [5.41, 5.74) is 3.78. The molecular weight excluding hydrogens is 284 g/mol. The first-order chi connectivity index (χ1) is 11.1. The number of nitrogens with zero attached hydrogens (tertiary/aromatic N) is 1. The van der Waals surface area contributed by atoms with Crippen molar-refractivity contribution in [2.75, 3.05) is 6.54 Å². The number of amides is 1. The van der Waals surface area contributed by atoms with Gasteiger partial charge in [0.05, 0.1) is 5.54 Å². The van der Waals surface area contributed by atoms with Gasteiger partial charge in [0.25, 0.3) is 0 Å². The highest BCUT2D eigenvalue weighted by molar-refractivity contribution is 5.86. The third-order valence-electron chi connectivity index (χ3n) is 5.99. The molecule has 0 spiro atoms. The molecule has 3 heteroatoms. The Morgan fingerprint density at radius 3 is 3.00 bits per heavy atom. The van der Waals surface area contributed by atoms with E-state index in [1.807, 2.05) is 0 Å². The smallest absolute Gasteiger partial charge is 0.226 e. The van der Waals surface area contributed by atoms with Crippen LogP contribution in [-0.2, 0) is 16.8 Å². The maximum atomic E-state index is 13.0. The summed E-state index contributed by atoms with van der Waals surface area (Å²) in [7, 11) is 0. The third kappa shape index (κ3) is 2.13. The molecule has 1 aromatic carbocycles. The minimum Gasteiger partial charge on any atom is -0.356 e. The number of hydrogen-bond acceptors (Lipinski definition) is 1. The number of piperidine rings is 1. The molecule has 1 saturated heterocycles. The average Bonchev–Trinajstić information content (AvgIpc) is 2.86. The van der Waals surface area contributed by atoms with Crippen molar-refractivity contribution < 1.29 is 4.79 Å². The van der Waals surface area contributed by atoms with Crippen molar-refractivity contribution in [2.45, 2.75) is 57.9 Å². The number of rotatable bonds is 2. The molecule has 0 radical (unpaired) electrons. The topological polar surface area (TPSA) is 36.1 Å². The van der Waals surface area contributed by atoms with Crippen molar-refractivity contribution >= 4 is 16.8 Å². The van der Waals surface area contributed by atoms with Gasteiger partial charge in [-0.1, -0.05) is 31.5 Å². The van der Waals surface area contributed by atoms with Crippen molar-refractivity contribution in [3.8, 4) is 0 Å². The number of carbonyl (C=O) groups excluding carboxylic acids is 1. The van der Waals surface area contributed by atoms with Crippen molar-refractivity contribution in [3.05, 3.63) is 35.5 Å². The molecule has 2 aromatic rings. The van der Waals surface area contributed by atoms with Crippen LogP contribution in [0.5, 0.6) is 0 Å². The molecule has 122 valence electrons. The van der Waals surface area contributed by atoms with Crippen LogP contribution in [0.2, 0.25) is 0 Å². The van der Waals surface area contributed by atoms with Crippen LogP contribution in [0.3, 0.4) is 0 Å². The fraction of sp³-hybridized carbons (Fsp3) is 0.550. The lowest BCUT2D eigenvalue weighted by Gasteiger charge is -2.46. The van der Waals surface area contributed by atoms with Crippen LogP contribution in [0.4, 0.5) is 0 Å². The van der Waals surface area contributed by atoms with Gasteiger partial charge in [0, 0.05) is 29.1 Å². The van der Waals surface area contributed by atoms with Gasteiger partial charge in [0.15, 0.2) is 0 Å². The number of carbonyl (C=O) groups is 1. The number of nitrogens with one attached hydrogen (secondary N) is 1. The molecule has 0 saturated carbocycles. The summed E-state index contributed by atoms with van der Waals surface area (Å²) in [6, 6.07) is 8.57. The molecule has 3 nitrogen and oxygen atoms in total. The van der Waals surface area contributed by atoms with Crippen LogP contribution < -0.4 is 0 Å². The molecule has 1 aromatic heterocycles. The standard InChI is InChI=1S/C20H26N2O/c1-3-7-14-11-12-20(2)18-16(9-6-13-22(20)19(14)23)15-8-4-5-10-17(15)21-18/h4-5,8,10,14,21H,3,6-7,9,11-13H2,1-2H3/t14-,20-/m1/s1. The van der Waals surface area contributed by atoms with E-state index in [1.54, 1.807) is 0 Å². The second-order valence-corrected chi connectivity index (χ2v) is 7.42. The van der Waals surface area contributed by atoms with Crippen LogP contribution in [-0.4, -0.2) is 22.3 Å². The number of benzene rings is 1. The Kier molecular flexibility index (Phi) is 3.47. The van der Waals surface area contributed by atoms with E-state index in [9.17, 15) is 4.79 Å². The third-order valence-corrected chi connectivity index (χ3v) is 5.99. The lowest BCUT2D eigenvalue weighted by Crippen LogP contribution is -2.53. The number of aromatic amines is 1. The second-order valence-electron chi connectivity index (χ2n) is 7.42. The highest BCUT2D eigenvalue weighted by atomic mass is 16.2. The Bertz CT molecular complexity index is 747. The van der Waals surface area contributed by atoms with Gasteiger partial charge in [0.2, 0.25) is 5.91 Å². The monoisotopic (exact) mass is 310 g/mol. The zero-order valence-corrected chi connectivity index (χ0v) is 14.2. The Labute approximate surface area is 138 Å². The summed E-state index contributed by atoms with van der Waals surface area (Å²) in [5, 5.41) is 1.34. The van der Waals surface area contributed by atoms with Gasteiger partial charge in [-0.25, -0.2) is 0 Å². The Balaban J connectivity index is 1.82. The highest BCUT2D eigenvalue weighted by Gasteiger charge is 2.46. The Hall–Kier alpha value is -1.77. The van der Waals surface area contributed by atoms with E-state index >= 15 is 0 Å². The first-order valence-electron chi connectivity index (χ1n) is 9.06. The molecule has 4 rings (SSSR count). The quantitative estimate of drug-likeness (QED) is 0.878. The summed E-state index contributed by atoms with van der Waals surface area (Å²) < 4.78 is 0. The zero-order chi connectivity index (χ0) is 16.0. The first-order valence-corrected chi connectivity index (χ1v) is 9.06.